The second-order valence-electron chi connectivity index (χ2n) is 3.52. The van der Waals surface area contributed by atoms with Crippen molar-refractivity contribution in [1.82, 2.24) is 9.97 Å². The molecule has 0 fully saturated rings. The molecule has 2 N–H and O–H groups in total. The first-order valence-electron chi connectivity index (χ1n) is 5.35. The number of benzene rings is 1. The van der Waals surface area contributed by atoms with Crippen molar-refractivity contribution in [3.63, 3.8) is 0 Å². The third kappa shape index (κ3) is 3.92. The molecule has 1 aromatic heterocycles. The summed E-state index contributed by atoms with van der Waals surface area (Å²) in [6, 6.07) is 7.37. The standard InChI is InChI=1S/C12H10BrN3O3/c13-8-3-1-2-4-9(8)19-11-6-14-10(5-16-11)15-7-12(17)18/h1-6H,7H2,(H,14,15)(H,17,18). The van der Waals surface area contributed by atoms with Gasteiger partial charge in [0.25, 0.3) is 0 Å². The van der Waals surface area contributed by atoms with Crippen LogP contribution in [0.15, 0.2) is 41.1 Å². The SMILES string of the molecule is O=C(O)CNc1cnc(Oc2ccccc2Br)cn1. The van der Waals surface area contributed by atoms with Gasteiger partial charge in [-0.05, 0) is 28.1 Å². The predicted molar refractivity (Wildman–Crippen MR) is 72.4 cm³/mol. The molecule has 0 saturated carbocycles. The van der Waals surface area contributed by atoms with Crippen LogP contribution in [-0.2, 0) is 4.79 Å². The number of carboxylic acids is 1. The van der Waals surface area contributed by atoms with Crippen LogP contribution in [0.5, 0.6) is 11.6 Å². The van der Waals surface area contributed by atoms with E-state index in [2.05, 4.69) is 31.2 Å². The minimum Gasteiger partial charge on any atom is -0.480 e. The lowest BCUT2D eigenvalue weighted by Crippen LogP contribution is -2.13. The Morgan fingerprint density at radius 1 is 1.32 bits per heavy atom. The molecule has 19 heavy (non-hydrogen) atoms. The van der Waals surface area contributed by atoms with E-state index in [0.29, 0.717) is 17.4 Å². The van der Waals surface area contributed by atoms with Gasteiger partial charge in [-0.2, -0.15) is 0 Å². The number of carbonyl (C=O) groups is 1. The van der Waals surface area contributed by atoms with E-state index in [4.69, 9.17) is 9.84 Å². The molecule has 2 rings (SSSR count). The Bertz CT molecular complexity index is 575. The molecule has 0 aliphatic rings. The van der Waals surface area contributed by atoms with Gasteiger partial charge in [0.15, 0.2) is 0 Å². The molecule has 7 heteroatoms. The lowest BCUT2D eigenvalue weighted by molar-refractivity contribution is -0.134. The molecule has 0 radical (unpaired) electrons. The average Bonchev–Trinajstić information content (AvgIpc) is 2.40. The van der Waals surface area contributed by atoms with Crippen LogP contribution in [0.25, 0.3) is 0 Å². The Balaban J connectivity index is 2.03. The molecule has 0 amide bonds. The molecule has 0 aliphatic carbocycles. The van der Waals surface area contributed by atoms with E-state index in [-0.39, 0.29) is 6.54 Å². The van der Waals surface area contributed by atoms with Gasteiger partial charge in [-0.15, -0.1) is 0 Å². The summed E-state index contributed by atoms with van der Waals surface area (Å²) in [5.41, 5.74) is 0. The van der Waals surface area contributed by atoms with Crippen LogP contribution in [0, 0.1) is 0 Å². The van der Waals surface area contributed by atoms with E-state index in [1.165, 1.54) is 12.4 Å². The summed E-state index contributed by atoms with van der Waals surface area (Å²) in [5, 5.41) is 11.1. The van der Waals surface area contributed by atoms with Gasteiger partial charge < -0.3 is 15.2 Å². The Morgan fingerprint density at radius 3 is 2.74 bits per heavy atom. The van der Waals surface area contributed by atoms with Gasteiger partial charge >= 0.3 is 5.97 Å². The molecule has 1 heterocycles. The fourth-order valence-electron chi connectivity index (χ4n) is 1.27. The first-order chi connectivity index (χ1) is 9.15. The van der Waals surface area contributed by atoms with E-state index >= 15 is 0 Å². The second-order valence-corrected chi connectivity index (χ2v) is 4.37. The number of aliphatic carboxylic acids is 1. The molecule has 2 aromatic rings. The lowest BCUT2D eigenvalue weighted by atomic mass is 10.3. The van der Waals surface area contributed by atoms with Gasteiger partial charge in [-0.1, -0.05) is 12.1 Å². The average molecular weight is 324 g/mol. The van der Waals surface area contributed by atoms with Crippen molar-refractivity contribution in [2.75, 3.05) is 11.9 Å². The highest BCUT2D eigenvalue weighted by atomic mass is 79.9. The number of anilines is 1. The number of carboxylic acid groups (broad SMARTS) is 1. The molecular weight excluding hydrogens is 314 g/mol. The maximum absolute atomic E-state index is 10.4. The van der Waals surface area contributed by atoms with Crippen molar-refractivity contribution < 1.29 is 14.6 Å². The predicted octanol–water partition coefficient (Wildman–Crippen LogP) is 2.53. The number of halogens is 1. The van der Waals surface area contributed by atoms with Crippen LogP contribution < -0.4 is 10.1 Å². The minimum atomic E-state index is -0.963. The topological polar surface area (TPSA) is 84.3 Å². The van der Waals surface area contributed by atoms with Crippen molar-refractivity contribution in [3.05, 3.63) is 41.1 Å². The number of hydrogen-bond acceptors (Lipinski definition) is 5. The molecular formula is C12H10BrN3O3. The van der Waals surface area contributed by atoms with Crippen LogP contribution in [0.3, 0.4) is 0 Å². The fourth-order valence-corrected chi connectivity index (χ4v) is 1.63. The molecule has 0 spiro atoms. The van der Waals surface area contributed by atoms with Gasteiger partial charge in [0.2, 0.25) is 5.88 Å². The van der Waals surface area contributed by atoms with Crippen LogP contribution in [0.2, 0.25) is 0 Å². The van der Waals surface area contributed by atoms with Gasteiger partial charge in [-0.3, -0.25) is 4.79 Å². The zero-order valence-corrected chi connectivity index (χ0v) is 11.3. The molecule has 98 valence electrons. The lowest BCUT2D eigenvalue weighted by Gasteiger charge is -2.07. The summed E-state index contributed by atoms with van der Waals surface area (Å²) in [5.74, 6) is 0.369. The van der Waals surface area contributed by atoms with Crippen molar-refractivity contribution >= 4 is 27.7 Å². The Hall–Kier alpha value is -2.15. The van der Waals surface area contributed by atoms with E-state index in [0.717, 1.165) is 4.47 Å². The van der Waals surface area contributed by atoms with E-state index in [1.807, 2.05) is 18.2 Å². The Labute approximate surface area is 117 Å². The van der Waals surface area contributed by atoms with Crippen LogP contribution in [0.1, 0.15) is 0 Å². The number of aromatic nitrogens is 2. The van der Waals surface area contributed by atoms with Crippen LogP contribution in [-0.4, -0.2) is 27.6 Å². The van der Waals surface area contributed by atoms with E-state index in [9.17, 15) is 4.79 Å². The number of para-hydroxylation sites is 1. The molecule has 0 saturated heterocycles. The monoisotopic (exact) mass is 323 g/mol. The quantitative estimate of drug-likeness (QED) is 0.879. The third-order valence-electron chi connectivity index (χ3n) is 2.10. The fraction of sp³-hybridized carbons (Fsp3) is 0.0833. The highest BCUT2D eigenvalue weighted by molar-refractivity contribution is 9.10. The van der Waals surface area contributed by atoms with E-state index in [1.54, 1.807) is 6.07 Å². The maximum Gasteiger partial charge on any atom is 0.322 e. The number of ether oxygens (including phenoxy) is 1. The summed E-state index contributed by atoms with van der Waals surface area (Å²) < 4.78 is 6.34. The van der Waals surface area contributed by atoms with Crippen molar-refractivity contribution in [3.8, 4) is 11.6 Å². The highest BCUT2D eigenvalue weighted by Gasteiger charge is 2.04. The first kappa shape index (κ1) is 13.3. The van der Waals surface area contributed by atoms with Crippen molar-refractivity contribution in [2.24, 2.45) is 0 Å². The number of hydrogen-bond donors (Lipinski definition) is 2. The molecule has 0 aliphatic heterocycles. The molecule has 0 unspecified atom stereocenters. The van der Waals surface area contributed by atoms with Gasteiger partial charge in [-0.25, -0.2) is 9.97 Å². The smallest absolute Gasteiger partial charge is 0.322 e. The number of rotatable bonds is 5. The summed E-state index contributed by atoms with van der Waals surface area (Å²) >= 11 is 3.36. The van der Waals surface area contributed by atoms with Crippen LogP contribution in [0.4, 0.5) is 5.82 Å². The largest absolute Gasteiger partial charge is 0.480 e. The second kappa shape index (κ2) is 6.14. The van der Waals surface area contributed by atoms with E-state index < -0.39 is 5.97 Å². The Morgan fingerprint density at radius 2 is 2.11 bits per heavy atom. The number of nitrogens with zero attached hydrogens (tertiary/aromatic N) is 2. The van der Waals surface area contributed by atoms with Crippen molar-refractivity contribution in [2.45, 2.75) is 0 Å². The van der Waals surface area contributed by atoms with Crippen LogP contribution >= 0.6 is 15.9 Å². The minimum absolute atomic E-state index is 0.209. The zero-order valence-electron chi connectivity index (χ0n) is 9.71. The summed E-state index contributed by atoms with van der Waals surface area (Å²) in [6.07, 6.45) is 2.83. The number of nitrogens with one attached hydrogen (secondary N) is 1. The molecule has 6 nitrogen and oxygen atoms in total. The summed E-state index contributed by atoms with van der Waals surface area (Å²) in [6.45, 7) is -0.209. The Kier molecular flexibility index (Phi) is 4.30. The molecule has 0 atom stereocenters. The van der Waals surface area contributed by atoms with Gasteiger partial charge in [0.05, 0.1) is 16.9 Å². The summed E-state index contributed by atoms with van der Waals surface area (Å²) in [4.78, 5) is 18.4. The normalized spacial score (nSPS) is 9.95. The molecule has 1 aromatic carbocycles. The van der Waals surface area contributed by atoms with Gasteiger partial charge in [0, 0.05) is 0 Å². The highest BCUT2D eigenvalue weighted by Crippen LogP contribution is 2.27. The van der Waals surface area contributed by atoms with Gasteiger partial charge in [0.1, 0.15) is 18.1 Å². The van der Waals surface area contributed by atoms with Crippen molar-refractivity contribution in [1.29, 1.82) is 0 Å². The third-order valence-corrected chi connectivity index (χ3v) is 2.76. The zero-order chi connectivity index (χ0) is 13.7. The maximum atomic E-state index is 10.4. The summed E-state index contributed by atoms with van der Waals surface area (Å²) in [7, 11) is 0. The first-order valence-corrected chi connectivity index (χ1v) is 6.14. The molecule has 0 bridgehead atoms.